The van der Waals surface area contributed by atoms with Gasteiger partial charge in [-0.25, -0.2) is 4.79 Å². The Morgan fingerprint density at radius 2 is 1.85 bits per heavy atom. The lowest BCUT2D eigenvalue weighted by atomic mass is 10.2. The SMILES string of the molecule is C=C(CCCS(=O)(=O)O)C(=O)O.N. The molecule has 0 heterocycles. The maximum absolute atomic E-state index is 10.2. The van der Waals surface area contributed by atoms with Crippen molar-refractivity contribution in [3.05, 3.63) is 12.2 Å². The molecule has 0 aliphatic rings. The standard InChI is InChI=1S/C6H10O5S.H3N/c1-5(6(7)8)3-2-4-12(9,10)11;/h1-4H2,(H,7,8)(H,9,10,11);1H3. The summed E-state index contributed by atoms with van der Waals surface area (Å²) in [5, 5.41) is 8.30. The van der Waals surface area contributed by atoms with Crippen molar-refractivity contribution in [2.75, 3.05) is 5.75 Å². The Bertz CT molecular complexity index is 281. The van der Waals surface area contributed by atoms with Gasteiger partial charge in [-0.05, 0) is 12.8 Å². The van der Waals surface area contributed by atoms with E-state index in [4.69, 9.17) is 9.66 Å². The van der Waals surface area contributed by atoms with Crippen LogP contribution in [0.1, 0.15) is 12.8 Å². The third-order valence-corrected chi connectivity index (χ3v) is 1.99. The summed E-state index contributed by atoms with van der Waals surface area (Å²) in [6.07, 6.45) is 0.138. The predicted octanol–water partition coefficient (Wildman–Crippen LogP) is 0.457. The van der Waals surface area contributed by atoms with E-state index in [1.54, 1.807) is 0 Å². The van der Waals surface area contributed by atoms with Gasteiger partial charge >= 0.3 is 5.97 Å². The highest BCUT2D eigenvalue weighted by Gasteiger charge is 2.07. The van der Waals surface area contributed by atoms with Gasteiger partial charge in [-0.15, -0.1) is 0 Å². The van der Waals surface area contributed by atoms with Gasteiger partial charge in [0.25, 0.3) is 10.1 Å². The normalized spacial score (nSPS) is 10.2. The molecule has 0 saturated carbocycles. The molecule has 78 valence electrons. The van der Waals surface area contributed by atoms with E-state index in [1.807, 2.05) is 0 Å². The summed E-state index contributed by atoms with van der Waals surface area (Å²) in [4.78, 5) is 10.1. The fourth-order valence-corrected chi connectivity index (χ4v) is 1.08. The highest BCUT2D eigenvalue weighted by Crippen LogP contribution is 2.03. The largest absolute Gasteiger partial charge is 0.478 e. The molecule has 5 N–H and O–H groups in total. The van der Waals surface area contributed by atoms with Crippen LogP contribution >= 0.6 is 0 Å². The number of hydrogen-bond acceptors (Lipinski definition) is 4. The molecule has 0 aromatic carbocycles. The number of carboxylic acids is 1. The zero-order valence-electron chi connectivity index (χ0n) is 7.06. The molecular formula is C6H13NO5S. The molecule has 6 nitrogen and oxygen atoms in total. The van der Waals surface area contributed by atoms with Crippen LogP contribution in [0.5, 0.6) is 0 Å². The third-order valence-electron chi connectivity index (χ3n) is 1.18. The molecular weight excluding hydrogens is 198 g/mol. The molecule has 0 amide bonds. The molecule has 0 atom stereocenters. The van der Waals surface area contributed by atoms with Gasteiger partial charge in [-0.3, -0.25) is 4.55 Å². The van der Waals surface area contributed by atoms with E-state index in [0.717, 1.165) is 0 Å². The summed E-state index contributed by atoms with van der Waals surface area (Å²) in [5.74, 6) is -1.58. The van der Waals surface area contributed by atoms with Gasteiger partial charge in [0.1, 0.15) is 0 Å². The first-order chi connectivity index (χ1) is 5.33. The van der Waals surface area contributed by atoms with Crippen LogP contribution in [0, 0.1) is 0 Å². The minimum atomic E-state index is -3.98. The van der Waals surface area contributed by atoms with E-state index in [2.05, 4.69) is 6.58 Å². The van der Waals surface area contributed by atoms with Gasteiger partial charge in [0.2, 0.25) is 0 Å². The molecule has 0 radical (unpaired) electrons. The monoisotopic (exact) mass is 211 g/mol. The number of rotatable bonds is 5. The van der Waals surface area contributed by atoms with E-state index in [0.29, 0.717) is 0 Å². The molecule has 0 fully saturated rings. The van der Waals surface area contributed by atoms with E-state index in [1.165, 1.54) is 0 Å². The number of hydrogen-bond donors (Lipinski definition) is 3. The fraction of sp³-hybridized carbons (Fsp3) is 0.500. The van der Waals surface area contributed by atoms with Crippen molar-refractivity contribution >= 4 is 16.1 Å². The molecule has 0 rings (SSSR count). The quantitative estimate of drug-likeness (QED) is 0.447. The molecule has 0 bridgehead atoms. The minimum Gasteiger partial charge on any atom is -0.478 e. The van der Waals surface area contributed by atoms with Gasteiger partial charge in [-0.1, -0.05) is 6.58 Å². The van der Waals surface area contributed by atoms with Crippen LogP contribution in [-0.2, 0) is 14.9 Å². The molecule has 0 saturated heterocycles. The maximum atomic E-state index is 10.2. The minimum absolute atomic E-state index is 0. The van der Waals surface area contributed by atoms with Crippen LogP contribution in [0.2, 0.25) is 0 Å². The van der Waals surface area contributed by atoms with Crippen molar-refractivity contribution in [2.45, 2.75) is 12.8 Å². The second kappa shape index (κ2) is 5.68. The topological polar surface area (TPSA) is 127 Å². The van der Waals surface area contributed by atoms with Gasteiger partial charge in [0.15, 0.2) is 0 Å². The Morgan fingerprint density at radius 3 is 2.15 bits per heavy atom. The van der Waals surface area contributed by atoms with Crippen molar-refractivity contribution in [1.29, 1.82) is 0 Å². The summed E-state index contributed by atoms with van der Waals surface area (Å²) in [6.45, 7) is 3.20. The van der Waals surface area contributed by atoms with Crippen molar-refractivity contribution in [1.82, 2.24) is 6.15 Å². The first kappa shape index (κ1) is 14.6. The maximum Gasteiger partial charge on any atom is 0.330 e. The summed E-state index contributed by atoms with van der Waals surface area (Å²) in [5.41, 5.74) is -0.0568. The lowest BCUT2D eigenvalue weighted by Gasteiger charge is -1.97. The van der Waals surface area contributed by atoms with E-state index < -0.39 is 21.8 Å². The molecule has 0 spiro atoms. The van der Waals surface area contributed by atoms with Crippen molar-refractivity contribution in [2.24, 2.45) is 0 Å². The molecule has 0 unspecified atom stereocenters. The van der Waals surface area contributed by atoms with Crippen molar-refractivity contribution in [3.63, 3.8) is 0 Å². The molecule has 7 heteroatoms. The number of aliphatic carboxylic acids is 1. The molecule has 13 heavy (non-hydrogen) atoms. The van der Waals surface area contributed by atoms with Gasteiger partial charge in [0, 0.05) is 5.57 Å². The Hall–Kier alpha value is -0.920. The van der Waals surface area contributed by atoms with Crippen LogP contribution in [0.4, 0.5) is 0 Å². The van der Waals surface area contributed by atoms with Crippen LogP contribution in [0.25, 0.3) is 0 Å². The van der Waals surface area contributed by atoms with Crippen LogP contribution in [0.15, 0.2) is 12.2 Å². The van der Waals surface area contributed by atoms with Crippen molar-refractivity contribution in [3.8, 4) is 0 Å². The summed E-state index contributed by atoms with van der Waals surface area (Å²) in [6, 6.07) is 0. The molecule has 0 aliphatic carbocycles. The van der Waals surface area contributed by atoms with Gasteiger partial charge in [-0.2, -0.15) is 8.42 Å². The average molecular weight is 211 g/mol. The van der Waals surface area contributed by atoms with Crippen LogP contribution < -0.4 is 6.15 Å². The smallest absolute Gasteiger partial charge is 0.330 e. The van der Waals surface area contributed by atoms with Crippen molar-refractivity contribution < 1.29 is 22.9 Å². The highest BCUT2D eigenvalue weighted by atomic mass is 32.2. The first-order valence-corrected chi connectivity index (χ1v) is 4.80. The summed E-state index contributed by atoms with van der Waals surface area (Å²) >= 11 is 0. The second-order valence-corrected chi connectivity index (χ2v) is 3.87. The molecule has 0 aliphatic heterocycles. The molecule has 0 aromatic rings. The summed E-state index contributed by atoms with van der Waals surface area (Å²) < 4.78 is 28.6. The Morgan fingerprint density at radius 1 is 1.38 bits per heavy atom. The summed E-state index contributed by atoms with van der Waals surface area (Å²) in [7, 11) is -3.98. The lowest BCUT2D eigenvalue weighted by molar-refractivity contribution is -0.132. The molecule has 0 aromatic heterocycles. The van der Waals surface area contributed by atoms with Crippen LogP contribution in [0.3, 0.4) is 0 Å². The zero-order valence-corrected chi connectivity index (χ0v) is 7.88. The Balaban J connectivity index is 0. The average Bonchev–Trinajstić information content (AvgIpc) is 1.84. The Labute approximate surface area is 76.6 Å². The van der Waals surface area contributed by atoms with Gasteiger partial charge < -0.3 is 11.3 Å². The lowest BCUT2D eigenvalue weighted by Crippen LogP contribution is -2.06. The number of carbonyl (C=O) groups is 1. The third kappa shape index (κ3) is 8.99. The van der Waals surface area contributed by atoms with Crippen LogP contribution in [-0.4, -0.2) is 29.8 Å². The van der Waals surface area contributed by atoms with E-state index in [9.17, 15) is 13.2 Å². The van der Waals surface area contributed by atoms with E-state index in [-0.39, 0.29) is 24.6 Å². The predicted molar refractivity (Wildman–Crippen MR) is 47.4 cm³/mol. The number of carboxylic acid groups (broad SMARTS) is 1. The first-order valence-electron chi connectivity index (χ1n) is 3.19. The van der Waals surface area contributed by atoms with E-state index >= 15 is 0 Å². The zero-order chi connectivity index (χ0) is 9.78. The second-order valence-electron chi connectivity index (χ2n) is 2.30. The fourth-order valence-electron chi connectivity index (χ4n) is 0.575. The van der Waals surface area contributed by atoms with Gasteiger partial charge in [0.05, 0.1) is 5.75 Å². The Kier molecular flexibility index (Phi) is 6.38. The highest BCUT2D eigenvalue weighted by molar-refractivity contribution is 7.85.